The predicted octanol–water partition coefficient (Wildman–Crippen LogP) is 3.70. The molecule has 5 heteroatoms. The second-order valence-corrected chi connectivity index (χ2v) is 6.80. The van der Waals surface area contributed by atoms with E-state index in [0.29, 0.717) is 5.75 Å². The fourth-order valence-electron chi connectivity index (χ4n) is 2.86. The van der Waals surface area contributed by atoms with Crippen LogP contribution < -0.4 is 10.1 Å². The number of thiazole rings is 1. The number of aliphatic hydroxyl groups excluding tert-OH is 1. The maximum atomic E-state index is 9.42. The molecule has 1 aliphatic rings. The van der Waals surface area contributed by atoms with Crippen LogP contribution in [0.15, 0.2) is 18.2 Å². The van der Waals surface area contributed by atoms with Crippen molar-refractivity contribution in [3.8, 4) is 5.75 Å². The van der Waals surface area contributed by atoms with Crippen LogP contribution in [0.25, 0.3) is 0 Å². The zero-order valence-electron chi connectivity index (χ0n) is 13.1. The third kappa shape index (κ3) is 3.10. The molecule has 0 spiro atoms. The van der Waals surface area contributed by atoms with Gasteiger partial charge in [-0.15, -0.1) is 11.3 Å². The van der Waals surface area contributed by atoms with E-state index in [4.69, 9.17) is 9.72 Å². The molecule has 118 valence electrons. The second-order valence-electron chi connectivity index (χ2n) is 5.68. The first-order valence-corrected chi connectivity index (χ1v) is 8.55. The van der Waals surface area contributed by atoms with E-state index in [0.717, 1.165) is 22.7 Å². The Balaban J connectivity index is 1.76. The van der Waals surface area contributed by atoms with Crippen LogP contribution in [-0.2, 0) is 19.4 Å². The molecule has 0 aliphatic heterocycles. The first-order chi connectivity index (χ1) is 10.7. The number of fused-ring (bicyclic) bond motifs is 1. The topological polar surface area (TPSA) is 54.4 Å². The van der Waals surface area contributed by atoms with Crippen molar-refractivity contribution in [2.75, 3.05) is 12.4 Å². The Bertz CT molecular complexity index is 631. The van der Waals surface area contributed by atoms with Gasteiger partial charge in [-0.2, -0.15) is 0 Å². The van der Waals surface area contributed by atoms with Crippen molar-refractivity contribution < 1.29 is 9.84 Å². The van der Waals surface area contributed by atoms with Gasteiger partial charge in [0.2, 0.25) is 0 Å². The molecule has 1 unspecified atom stereocenters. The summed E-state index contributed by atoms with van der Waals surface area (Å²) in [5.41, 5.74) is 3.06. The van der Waals surface area contributed by atoms with Crippen molar-refractivity contribution in [3.05, 3.63) is 39.3 Å². The number of nitrogens with one attached hydrogen (secondary N) is 1. The Hall–Kier alpha value is -1.59. The number of aromatic nitrogens is 1. The number of benzene rings is 1. The van der Waals surface area contributed by atoms with E-state index in [1.165, 1.54) is 29.8 Å². The Labute approximate surface area is 135 Å². The van der Waals surface area contributed by atoms with Crippen LogP contribution in [0.1, 0.15) is 46.9 Å². The van der Waals surface area contributed by atoms with E-state index < -0.39 is 0 Å². The number of aryl methyl sites for hydroxylation is 2. The summed E-state index contributed by atoms with van der Waals surface area (Å²) in [4.78, 5) is 6.26. The predicted molar refractivity (Wildman–Crippen MR) is 89.7 cm³/mol. The molecule has 1 aliphatic carbocycles. The summed E-state index contributed by atoms with van der Waals surface area (Å²) in [6, 6.07) is 5.95. The first kappa shape index (κ1) is 15.3. The summed E-state index contributed by atoms with van der Waals surface area (Å²) in [5.74, 6) is 0.713. The van der Waals surface area contributed by atoms with Gasteiger partial charge in [0.15, 0.2) is 0 Å². The summed E-state index contributed by atoms with van der Waals surface area (Å²) < 4.78 is 5.24. The summed E-state index contributed by atoms with van der Waals surface area (Å²) in [6.45, 7) is 2.10. The normalized spacial score (nSPS) is 15.2. The summed E-state index contributed by atoms with van der Waals surface area (Å²) in [5, 5.41) is 14.0. The first-order valence-electron chi connectivity index (χ1n) is 7.74. The molecule has 22 heavy (non-hydrogen) atoms. The van der Waals surface area contributed by atoms with Gasteiger partial charge in [-0.05, 0) is 50.8 Å². The molecule has 1 heterocycles. The second kappa shape index (κ2) is 6.67. The highest BCUT2D eigenvalue weighted by Crippen LogP contribution is 2.32. The zero-order valence-corrected chi connectivity index (χ0v) is 13.9. The van der Waals surface area contributed by atoms with E-state index >= 15 is 0 Å². The number of hydrogen-bond donors (Lipinski definition) is 2. The van der Waals surface area contributed by atoms with Crippen LogP contribution in [0.3, 0.4) is 0 Å². The lowest BCUT2D eigenvalue weighted by Crippen LogP contribution is -2.07. The van der Waals surface area contributed by atoms with Crippen molar-refractivity contribution in [1.82, 2.24) is 4.98 Å². The Morgan fingerprint density at radius 2 is 2.18 bits per heavy atom. The number of anilines is 1. The molecule has 0 fully saturated rings. The molecule has 0 saturated heterocycles. The molecule has 1 aromatic carbocycles. The fraction of sp³-hybridized carbons (Fsp3) is 0.471. The number of aliphatic hydroxyl groups is 1. The molecular weight excluding hydrogens is 296 g/mol. The van der Waals surface area contributed by atoms with Crippen molar-refractivity contribution in [2.24, 2.45) is 0 Å². The highest BCUT2D eigenvalue weighted by molar-refractivity contribution is 7.11. The van der Waals surface area contributed by atoms with Gasteiger partial charge in [-0.25, -0.2) is 4.98 Å². The highest BCUT2D eigenvalue weighted by Gasteiger charge is 2.18. The molecule has 0 saturated carbocycles. The van der Waals surface area contributed by atoms with E-state index in [9.17, 15) is 5.11 Å². The molecule has 2 N–H and O–H groups in total. The number of rotatable bonds is 5. The number of methoxy groups -OCH3 is 1. The minimum absolute atomic E-state index is 0.0291. The van der Waals surface area contributed by atoms with Gasteiger partial charge in [0.05, 0.1) is 25.5 Å². The van der Waals surface area contributed by atoms with Gasteiger partial charge in [-0.1, -0.05) is 0 Å². The van der Waals surface area contributed by atoms with Crippen LogP contribution in [0.5, 0.6) is 5.75 Å². The number of ether oxygens (including phenoxy) is 1. The third-order valence-electron chi connectivity index (χ3n) is 4.07. The minimum Gasteiger partial charge on any atom is -0.496 e. The van der Waals surface area contributed by atoms with Gasteiger partial charge in [0.1, 0.15) is 10.8 Å². The van der Waals surface area contributed by atoms with Crippen molar-refractivity contribution in [3.63, 3.8) is 0 Å². The Kier molecular flexibility index (Phi) is 4.64. The van der Waals surface area contributed by atoms with E-state index in [-0.39, 0.29) is 12.6 Å². The largest absolute Gasteiger partial charge is 0.496 e. The van der Waals surface area contributed by atoms with Crippen molar-refractivity contribution >= 4 is 17.0 Å². The Morgan fingerprint density at radius 1 is 1.36 bits per heavy atom. The highest BCUT2D eigenvalue weighted by atomic mass is 32.1. The molecule has 0 amide bonds. The van der Waals surface area contributed by atoms with E-state index in [2.05, 4.69) is 12.2 Å². The zero-order chi connectivity index (χ0) is 15.5. The monoisotopic (exact) mass is 318 g/mol. The maximum Gasteiger partial charge on any atom is 0.124 e. The van der Waals surface area contributed by atoms with Crippen LogP contribution in [0.2, 0.25) is 0 Å². The van der Waals surface area contributed by atoms with E-state index in [1.54, 1.807) is 7.11 Å². The van der Waals surface area contributed by atoms with E-state index in [1.807, 2.05) is 29.5 Å². The lowest BCUT2D eigenvalue weighted by Gasteiger charge is -2.15. The van der Waals surface area contributed by atoms with Crippen molar-refractivity contribution in [2.45, 2.75) is 45.3 Å². The molecule has 0 bridgehead atoms. The molecule has 2 aromatic rings. The van der Waals surface area contributed by atoms with Gasteiger partial charge in [0, 0.05) is 16.1 Å². The molecule has 1 atom stereocenters. The smallest absolute Gasteiger partial charge is 0.124 e. The lowest BCUT2D eigenvalue weighted by atomic mass is 10.0. The minimum atomic E-state index is -0.0291. The van der Waals surface area contributed by atoms with Crippen molar-refractivity contribution in [1.29, 1.82) is 0 Å². The summed E-state index contributed by atoms with van der Waals surface area (Å²) >= 11 is 1.83. The van der Waals surface area contributed by atoms with Crippen LogP contribution in [0, 0.1) is 0 Å². The molecule has 4 nitrogen and oxygen atoms in total. The van der Waals surface area contributed by atoms with Gasteiger partial charge in [0.25, 0.3) is 0 Å². The molecule has 0 radical (unpaired) electrons. The summed E-state index contributed by atoms with van der Waals surface area (Å²) in [6.07, 6.45) is 4.85. The maximum absolute atomic E-state index is 9.42. The fourth-order valence-corrected chi connectivity index (χ4v) is 4.02. The third-order valence-corrected chi connectivity index (χ3v) is 5.41. The van der Waals surface area contributed by atoms with Gasteiger partial charge < -0.3 is 15.2 Å². The molecule has 3 rings (SSSR count). The molecular formula is C17H22N2O2S. The number of nitrogens with zero attached hydrogens (tertiary/aromatic N) is 1. The lowest BCUT2D eigenvalue weighted by molar-refractivity contribution is 0.274. The summed E-state index contributed by atoms with van der Waals surface area (Å²) in [7, 11) is 1.62. The average molecular weight is 318 g/mol. The Morgan fingerprint density at radius 3 is 2.91 bits per heavy atom. The van der Waals surface area contributed by atoms with Gasteiger partial charge >= 0.3 is 0 Å². The molecule has 1 aromatic heterocycles. The van der Waals surface area contributed by atoms with Crippen LogP contribution in [-0.4, -0.2) is 17.2 Å². The van der Waals surface area contributed by atoms with Crippen LogP contribution >= 0.6 is 11.3 Å². The van der Waals surface area contributed by atoms with Gasteiger partial charge in [-0.3, -0.25) is 0 Å². The quantitative estimate of drug-likeness (QED) is 0.882. The number of hydrogen-bond acceptors (Lipinski definition) is 5. The SMILES string of the molecule is COc1ccc(NC(C)c2nc3c(s2)CCCC3)cc1CO. The standard InChI is InChI=1S/C17H22N2O2S/c1-11(17-19-14-5-3-4-6-16(14)22-17)18-13-7-8-15(21-2)12(9-13)10-20/h7-9,11,18,20H,3-6,10H2,1-2H3. The van der Waals surface area contributed by atoms with Crippen LogP contribution in [0.4, 0.5) is 5.69 Å². The average Bonchev–Trinajstić information content (AvgIpc) is 2.99.